The molecule has 3 aromatic carbocycles. The molecule has 43 heavy (non-hydrogen) atoms. The maximum Gasteiger partial charge on any atom is 0.301 e. The highest BCUT2D eigenvalue weighted by molar-refractivity contribution is 7.22. The van der Waals surface area contributed by atoms with Gasteiger partial charge in [0.1, 0.15) is 17.6 Å². The normalized spacial score (nSPS) is 19.1. The molecule has 8 nitrogen and oxygen atoms in total. The van der Waals surface area contributed by atoms with Crippen LogP contribution in [-0.2, 0) is 16.0 Å². The summed E-state index contributed by atoms with van der Waals surface area (Å²) < 4.78 is 18.4. The van der Waals surface area contributed by atoms with Crippen molar-refractivity contribution in [3.63, 3.8) is 0 Å². The summed E-state index contributed by atoms with van der Waals surface area (Å²) in [5.74, 6) is 0.0182. The maximum atomic E-state index is 13.8. The number of anilines is 1. The van der Waals surface area contributed by atoms with Gasteiger partial charge >= 0.3 is 5.91 Å². The van der Waals surface area contributed by atoms with Crippen LogP contribution in [-0.4, -0.2) is 41.6 Å². The van der Waals surface area contributed by atoms with Crippen molar-refractivity contribution in [1.82, 2.24) is 4.98 Å². The molecule has 1 fully saturated rings. The molecule has 1 saturated heterocycles. The van der Waals surface area contributed by atoms with E-state index in [1.165, 1.54) is 16.2 Å². The minimum absolute atomic E-state index is 0.00854. The summed E-state index contributed by atoms with van der Waals surface area (Å²) in [5, 5.41) is 12.1. The summed E-state index contributed by atoms with van der Waals surface area (Å²) in [7, 11) is 1.55. The lowest BCUT2D eigenvalue weighted by Crippen LogP contribution is -2.29. The van der Waals surface area contributed by atoms with Crippen LogP contribution in [0.3, 0.4) is 0 Å². The largest absolute Gasteiger partial charge is 0.507 e. The van der Waals surface area contributed by atoms with Crippen LogP contribution in [0.25, 0.3) is 16.0 Å². The van der Waals surface area contributed by atoms with E-state index < -0.39 is 17.7 Å². The molecule has 2 aliphatic heterocycles. The number of thiazole rings is 1. The summed E-state index contributed by atoms with van der Waals surface area (Å²) in [6.07, 6.45) is 2.60. The second kappa shape index (κ2) is 11.4. The van der Waals surface area contributed by atoms with Crippen LogP contribution in [0.15, 0.2) is 54.1 Å². The molecule has 3 heterocycles. The highest BCUT2D eigenvalue weighted by Crippen LogP contribution is 2.46. The Balaban J connectivity index is 1.52. The van der Waals surface area contributed by atoms with Gasteiger partial charge in [-0.15, -0.1) is 0 Å². The monoisotopic (exact) mass is 598 g/mol. The van der Waals surface area contributed by atoms with Crippen molar-refractivity contribution in [3.05, 3.63) is 81.9 Å². The van der Waals surface area contributed by atoms with Gasteiger partial charge in [-0.05, 0) is 85.8 Å². The fourth-order valence-corrected chi connectivity index (χ4v) is 7.00. The van der Waals surface area contributed by atoms with Crippen molar-refractivity contribution in [2.24, 2.45) is 0 Å². The third-order valence-electron chi connectivity index (χ3n) is 7.90. The smallest absolute Gasteiger partial charge is 0.301 e. The van der Waals surface area contributed by atoms with E-state index in [-0.39, 0.29) is 17.4 Å². The number of nitrogens with zero attached hydrogens (tertiary/aromatic N) is 2. The van der Waals surface area contributed by atoms with E-state index in [4.69, 9.17) is 19.2 Å². The van der Waals surface area contributed by atoms with Gasteiger partial charge in [-0.1, -0.05) is 36.8 Å². The lowest BCUT2D eigenvalue weighted by atomic mass is 9.94. The zero-order valence-corrected chi connectivity index (χ0v) is 25.7. The summed E-state index contributed by atoms with van der Waals surface area (Å²) in [4.78, 5) is 33.8. The van der Waals surface area contributed by atoms with Gasteiger partial charge in [0.15, 0.2) is 16.6 Å². The molecule has 1 aromatic heterocycles. The predicted octanol–water partition coefficient (Wildman–Crippen LogP) is 7.05. The van der Waals surface area contributed by atoms with Crippen molar-refractivity contribution >= 4 is 44.1 Å². The first-order chi connectivity index (χ1) is 20.7. The fourth-order valence-electron chi connectivity index (χ4n) is 5.83. The Hall–Kier alpha value is -4.37. The number of Topliss-reactive ketones (excluding diaryl/α,β-unsaturated/α-hetero) is 1. The Labute approximate surface area is 254 Å². The maximum absolute atomic E-state index is 13.8. The Morgan fingerprint density at radius 2 is 1.93 bits per heavy atom. The summed E-state index contributed by atoms with van der Waals surface area (Å²) in [6.45, 7) is 8.60. The average Bonchev–Trinajstić information content (AvgIpc) is 3.65. The molecular weight excluding hydrogens is 564 g/mol. The number of aromatic nitrogens is 1. The van der Waals surface area contributed by atoms with Crippen molar-refractivity contribution in [2.75, 3.05) is 18.6 Å². The SMILES string of the molecule is CCCCOc1ccc([C@@H]2C(=C(O)c3ccc4c(c3)C[C@H](C)O4)C(=O)C(=O)N2c2nc3c(C)cc(C)cc3s2)cc1OC. The lowest BCUT2D eigenvalue weighted by Gasteiger charge is -2.24. The number of hydrogen-bond donors (Lipinski definition) is 1. The number of methoxy groups -OCH3 is 1. The van der Waals surface area contributed by atoms with Gasteiger partial charge < -0.3 is 19.3 Å². The average molecular weight is 599 g/mol. The molecule has 0 spiro atoms. The number of unbranched alkanes of at least 4 members (excludes halogenated alkanes) is 1. The van der Waals surface area contributed by atoms with Crippen molar-refractivity contribution in [3.8, 4) is 17.2 Å². The number of carbonyl (C=O) groups excluding carboxylic acids is 2. The van der Waals surface area contributed by atoms with Crippen LogP contribution >= 0.6 is 11.3 Å². The van der Waals surface area contributed by atoms with Gasteiger partial charge in [-0.2, -0.15) is 0 Å². The van der Waals surface area contributed by atoms with Crippen LogP contribution in [0.2, 0.25) is 0 Å². The number of carbonyl (C=O) groups is 2. The van der Waals surface area contributed by atoms with Crippen LogP contribution < -0.4 is 19.1 Å². The number of ketones is 1. The quantitative estimate of drug-likeness (QED) is 0.100. The van der Waals surface area contributed by atoms with E-state index in [1.807, 2.05) is 45.0 Å². The predicted molar refractivity (Wildman–Crippen MR) is 168 cm³/mol. The zero-order chi connectivity index (χ0) is 30.4. The van der Waals surface area contributed by atoms with Crippen LogP contribution in [0.5, 0.6) is 17.2 Å². The number of fused-ring (bicyclic) bond motifs is 2. The molecule has 6 rings (SSSR count). The molecule has 0 saturated carbocycles. The van der Waals surface area contributed by atoms with Gasteiger partial charge in [0.05, 0.1) is 35.5 Å². The van der Waals surface area contributed by atoms with E-state index in [9.17, 15) is 14.7 Å². The van der Waals surface area contributed by atoms with Gasteiger partial charge in [0.25, 0.3) is 5.78 Å². The van der Waals surface area contributed by atoms with Crippen LogP contribution in [0.4, 0.5) is 5.13 Å². The number of hydrogen-bond acceptors (Lipinski definition) is 8. The molecule has 1 amide bonds. The molecule has 2 atom stereocenters. The van der Waals surface area contributed by atoms with Crippen molar-refractivity contribution < 1.29 is 28.9 Å². The number of rotatable bonds is 8. The molecule has 0 unspecified atom stereocenters. The van der Waals surface area contributed by atoms with Gasteiger partial charge in [-0.25, -0.2) is 4.98 Å². The second-order valence-corrected chi connectivity index (χ2v) is 12.2. The molecule has 9 heteroatoms. The topological polar surface area (TPSA) is 98.2 Å². The van der Waals surface area contributed by atoms with Gasteiger partial charge in [-0.3, -0.25) is 14.5 Å². The highest BCUT2D eigenvalue weighted by atomic mass is 32.1. The number of aliphatic hydroxyl groups excluding tert-OH is 1. The van der Waals surface area contributed by atoms with Gasteiger partial charge in [0, 0.05) is 12.0 Å². The van der Waals surface area contributed by atoms with E-state index in [2.05, 4.69) is 6.92 Å². The molecule has 4 aromatic rings. The van der Waals surface area contributed by atoms with E-state index in [0.717, 1.165) is 45.5 Å². The first kappa shape index (κ1) is 28.7. The van der Waals surface area contributed by atoms with Crippen molar-refractivity contribution in [1.29, 1.82) is 0 Å². The molecule has 1 N–H and O–H groups in total. The number of amides is 1. The standard InChI is InChI=1S/C34H34N2O6S/c1-6-7-12-41-25-11-8-21(17-26(25)40-5)30-28(31(37)22-9-10-24-23(16-22)15-20(4)42-24)32(38)33(39)36(30)34-35-29-19(3)13-18(2)14-27(29)43-34/h8-11,13-14,16-17,20,30,37H,6-7,12,15H2,1-5H3/t20-,30+/m0/s1. The Morgan fingerprint density at radius 1 is 1.12 bits per heavy atom. The highest BCUT2D eigenvalue weighted by Gasteiger charge is 2.48. The minimum atomic E-state index is -0.941. The molecular formula is C34H34N2O6S. The third kappa shape index (κ3) is 5.12. The summed E-state index contributed by atoms with van der Waals surface area (Å²) >= 11 is 1.34. The van der Waals surface area contributed by atoms with Crippen LogP contribution in [0, 0.1) is 13.8 Å². The fraction of sp³-hybridized carbons (Fsp3) is 0.324. The first-order valence-corrected chi connectivity index (χ1v) is 15.3. The van der Waals surface area contributed by atoms with Crippen molar-refractivity contribution in [2.45, 2.75) is 59.1 Å². The Bertz CT molecular complexity index is 1790. The molecule has 0 aliphatic carbocycles. The third-order valence-corrected chi connectivity index (χ3v) is 8.90. The molecule has 222 valence electrons. The van der Waals surface area contributed by atoms with E-state index >= 15 is 0 Å². The first-order valence-electron chi connectivity index (χ1n) is 14.5. The summed E-state index contributed by atoms with van der Waals surface area (Å²) in [5.41, 5.74) is 4.80. The Morgan fingerprint density at radius 3 is 2.70 bits per heavy atom. The second-order valence-electron chi connectivity index (χ2n) is 11.2. The Kier molecular flexibility index (Phi) is 7.60. The lowest BCUT2D eigenvalue weighted by molar-refractivity contribution is -0.132. The zero-order valence-electron chi connectivity index (χ0n) is 24.9. The number of benzene rings is 3. The minimum Gasteiger partial charge on any atom is -0.507 e. The van der Waals surface area contributed by atoms with E-state index in [0.29, 0.717) is 40.8 Å². The van der Waals surface area contributed by atoms with E-state index in [1.54, 1.807) is 31.4 Å². The molecule has 0 radical (unpaired) electrons. The number of ether oxygens (including phenoxy) is 3. The molecule has 0 bridgehead atoms. The summed E-state index contributed by atoms with van der Waals surface area (Å²) in [6, 6.07) is 13.8. The van der Waals surface area contributed by atoms with Gasteiger partial charge in [0.2, 0.25) is 0 Å². The molecule has 2 aliphatic rings. The number of aryl methyl sites for hydroxylation is 2. The number of aliphatic hydroxyl groups is 1. The van der Waals surface area contributed by atoms with Crippen LogP contribution in [0.1, 0.15) is 60.5 Å².